The van der Waals surface area contributed by atoms with Gasteiger partial charge in [-0.3, -0.25) is 15.0 Å². The number of carbonyl (C=O) groups is 2. The molecule has 0 aliphatic heterocycles. The number of nitrogens with zero attached hydrogens (tertiary/aromatic N) is 2. The second-order valence-electron chi connectivity index (χ2n) is 9.34. The molecular weight excluding hydrogens is 556 g/mol. The fourth-order valence-corrected chi connectivity index (χ4v) is 5.27. The predicted molar refractivity (Wildman–Crippen MR) is 149 cm³/mol. The topological polar surface area (TPSA) is 257 Å². The first-order valence-electron chi connectivity index (χ1n) is 11.8. The van der Waals surface area contributed by atoms with Crippen LogP contribution in [0, 0.1) is 5.41 Å². The Morgan fingerprint density at radius 1 is 1.07 bits per heavy atom. The second-order valence-corrected chi connectivity index (χ2v) is 11.5. The van der Waals surface area contributed by atoms with Gasteiger partial charge in [0.1, 0.15) is 23.2 Å². The van der Waals surface area contributed by atoms with Crippen LogP contribution in [0.15, 0.2) is 47.4 Å². The van der Waals surface area contributed by atoms with E-state index in [0.29, 0.717) is 16.6 Å². The van der Waals surface area contributed by atoms with E-state index in [0.717, 1.165) is 22.5 Å². The van der Waals surface area contributed by atoms with Gasteiger partial charge in [0, 0.05) is 30.9 Å². The van der Waals surface area contributed by atoms with Crippen molar-refractivity contribution in [1.29, 1.82) is 5.41 Å². The number of phenolic OH excluding ortho intramolecular Hbond substituents is 2. The maximum absolute atomic E-state index is 12.8. The van der Waals surface area contributed by atoms with Gasteiger partial charge in [-0.25, -0.2) is 17.7 Å². The maximum Gasteiger partial charge on any atom is 0.311 e. The van der Waals surface area contributed by atoms with Crippen molar-refractivity contribution in [2.75, 3.05) is 19.8 Å². The lowest BCUT2D eigenvalue weighted by molar-refractivity contribution is -0.145. The van der Waals surface area contributed by atoms with Gasteiger partial charge in [0.15, 0.2) is 0 Å². The van der Waals surface area contributed by atoms with E-state index in [-0.39, 0.29) is 44.5 Å². The van der Waals surface area contributed by atoms with Crippen molar-refractivity contribution in [2.45, 2.75) is 17.2 Å². The minimum atomic E-state index is -4.01. The molecule has 14 nitrogen and oxygen atoms in total. The summed E-state index contributed by atoms with van der Waals surface area (Å²) in [4.78, 5) is 30.8. The molecule has 1 heterocycles. The van der Waals surface area contributed by atoms with Gasteiger partial charge in [0.2, 0.25) is 10.0 Å². The number of hydrogen-bond acceptors (Lipinski definition) is 9. The lowest BCUT2D eigenvalue weighted by Crippen LogP contribution is -2.22. The number of aromatic hydroxyl groups is 2. The molecule has 10 N–H and O–H groups in total. The van der Waals surface area contributed by atoms with Crippen LogP contribution in [0.1, 0.15) is 23.5 Å². The van der Waals surface area contributed by atoms with Gasteiger partial charge in [-0.2, -0.15) is 0 Å². The number of nitrogen functional groups attached to an aromatic ring is 2. The minimum absolute atomic E-state index is 0.0109. The molecule has 3 aromatic carbocycles. The Morgan fingerprint density at radius 2 is 1.76 bits per heavy atom. The number of aliphatic carboxylic acids is 2. The van der Waals surface area contributed by atoms with Gasteiger partial charge in [-0.1, -0.05) is 0 Å². The van der Waals surface area contributed by atoms with E-state index in [4.69, 9.17) is 16.9 Å². The molecule has 4 rings (SSSR count). The highest BCUT2D eigenvalue weighted by Crippen LogP contribution is 2.48. The zero-order valence-electron chi connectivity index (χ0n) is 21.7. The van der Waals surface area contributed by atoms with E-state index in [9.17, 15) is 38.4 Å². The van der Waals surface area contributed by atoms with Crippen molar-refractivity contribution in [3.8, 4) is 34.0 Å². The van der Waals surface area contributed by atoms with Gasteiger partial charge < -0.3 is 36.9 Å². The lowest BCUT2D eigenvalue weighted by Gasteiger charge is -2.21. The molecule has 0 amide bonds. The van der Waals surface area contributed by atoms with E-state index in [2.05, 4.69) is 9.97 Å². The molecule has 0 fully saturated rings. The van der Waals surface area contributed by atoms with Crippen molar-refractivity contribution in [3.05, 3.63) is 53.6 Å². The third-order valence-electron chi connectivity index (χ3n) is 6.49. The maximum atomic E-state index is 12.8. The summed E-state index contributed by atoms with van der Waals surface area (Å²) in [7, 11) is -1.41. The van der Waals surface area contributed by atoms with Crippen molar-refractivity contribution in [3.63, 3.8) is 0 Å². The molecule has 214 valence electrons. The number of carboxylic acids is 2. The van der Waals surface area contributed by atoms with Crippen LogP contribution in [0.25, 0.3) is 33.5 Å². The summed E-state index contributed by atoms with van der Waals surface area (Å²) < 4.78 is 26.6. The van der Waals surface area contributed by atoms with Crippen molar-refractivity contribution >= 4 is 44.5 Å². The van der Waals surface area contributed by atoms with E-state index >= 15 is 0 Å². The molecule has 0 aliphatic rings. The summed E-state index contributed by atoms with van der Waals surface area (Å²) in [6.45, 7) is 0. The van der Waals surface area contributed by atoms with Crippen molar-refractivity contribution < 1.29 is 38.4 Å². The number of fused-ring (bicyclic) bond motifs is 1. The highest BCUT2D eigenvalue weighted by molar-refractivity contribution is 7.89. The molecule has 0 saturated carbocycles. The number of phenols is 2. The molecule has 0 aliphatic carbocycles. The summed E-state index contributed by atoms with van der Waals surface area (Å²) in [6.07, 6.45) is -0.869. The van der Waals surface area contributed by atoms with Gasteiger partial charge in [-0.15, -0.1) is 0 Å². The molecule has 0 bridgehead atoms. The monoisotopic (exact) mass is 582 g/mol. The number of imidazole rings is 1. The Kier molecular flexibility index (Phi) is 7.34. The number of anilines is 1. The van der Waals surface area contributed by atoms with Crippen LogP contribution in [-0.4, -0.2) is 75.0 Å². The first-order chi connectivity index (χ1) is 19.1. The lowest BCUT2D eigenvalue weighted by atomic mass is 9.87. The van der Waals surface area contributed by atoms with Gasteiger partial charge in [0.25, 0.3) is 0 Å². The fraction of sp³-hybridized carbons (Fsp3) is 0.154. The Hall–Kier alpha value is -5.15. The van der Waals surface area contributed by atoms with Crippen LogP contribution in [0.5, 0.6) is 11.5 Å². The number of nitrogens with one attached hydrogen (secondary N) is 2. The third kappa shape index (κ3) is 5.22. The second kappa shape index (κ2) is 10.4. The molecule has 0 saturated heterocycles. The molecular formula is C26H26N6O8S. The number of sulfonamides is 1. The van der Waals surface area contributed by atoms with E-state index < -0.39 is 45.8 Å². The fourth-order valence-electron chi connectivity index (χ4n) is 4.35. The summed E-state index contributed by atoms with van der Waals surface area (Å²) in [5.41, 5.74) is 11.8. The zero-order chi connectivity index (χ0) is 30.4. The standard InChI is InChI=1S/C26H26N6O8S/c1-32(2)41(39,40)12-4-6-19(33)15(8-12)21-22(27)13(14(26(37)38)10-20(34)35)9-16(23(21)36)25-30-17-5-3-11(24(28)29)7-18(17)31-25/h3-9,14,33,36H,10,27H2,1-2H3,(H3,28,29)(H,30,31)(H,34,35)(H,37,38). The van der Waals surface area contributed by atoms with E-state index in [1.807, 2.05) is 0 Å². The quantitative estimate of drug-likeness (QED) is 0.0804. The number of benzene rings is 3. The van der Waals surface area contributed by atoms with Crippen LogP contribution in [0.2, 0.25) is 0 Å². The molecule has 4 aromatic rings. The Morgan fingerprint density at radius 3 is 2.34 bits per heavy atom. The van der Waals surface area contributed by atoms with Crippen LogP contribution >= 0.6 is 0 Å². The average molecular weight is 583 g/mol. The Labute approximate surface area is 233 Å². The Bertz CT molecular complexity index is 1850. The van der Waals surface area contributed by atoms with Crippen LogP contribution in [0.3, 0.4) is 0 Å². The van der Waals surface area contributed by atoms with Gasteiger partial charge >= 0.3 is 11.9 Å². The highest BCUT2D eigenvalue weighted by Gasteiger charge is 2.31. The zero-order valence-corrected chi connectivity index (χ0v) is 22.5. The number of amidine groups is 1. The largest absolute Gasteiger partial charge is 0.507 e. The molecule has 1 aromatic heterocycles. The van der Waals surface area contributed by atoms with E-state index in [1.165, 1.54) is 26.2 Å². The summed E-state index contributed by atoms with van der Waals surface area (Å²) in [5.74, 6) is -5.92. The predicted octanol–water partition coefficient (Wildman–Crippen LogP) is 2.07. The molecule has 0 spiro atoms. The molecule has 15 heteroatoms. The summed E-state index contributed by atoms with van der Waals surface area (Å²) in [5, 5.41) is 49.1. The van der Waals surface area contributed by atoms with Gasteiger partial charge in [0.05, 0.1) is 39.4 Å². The first-order valence-corrected chi connectivity index (χ1v) is 13.3. The number of aromatic nitrogens is 2. The number of aromatic amines is 1. The van der Waals surface area contributed by atoms with E-state index in [1.54, 1.807) is 12.1 Å². The van der Waals surface area contributed by atoms with Crippen LogP contribution < -0.4 is 11.5 Å². The number of carboxylic acid groups (broad SMARTS) is 2. The van der Waals surface area contributed by atoms with Crippen molar-refractivity contribution in [2.24, 2.45) is 5.73 Å². The Balaban J connectivity index is 2.09. The number of H-pyrrole nitrogens is 1. The summed E-state index contributed by atoms with van der Waals surface area (Å²) >= 11 is 0. The smallest absolute Gasteiger partial charge is 0.311 e. The van der Waals surface area contributed by atoms with Gasteiger partial charge in [-0.05, 0) is 48.0 Å². The number of hydrogen-bond donors (Lipinski definition) is 8. The first kappa shape index (κ1) is 28.8. The third-order valence-corrected chi connectivity index (χ3v) is 8.30. The average Bonchev–Trinajstić information content (AvgIpc) is 3.31. The molecule has 41 heavy (non-hydrogen) atoms. The minimum Gasteiger partial charge on any atom is -0.507 e. The molecule has 1 atom stereocenters. The van der Waals surface area contributed by atoms with Crippen molar-refractivity contribution in [1.82, 2.24) is 14.3 Å². The highest BCUT2D eigenvalue weighted by atomic mass is 32.2. The number of rotatable bonds is 9. The SMILES string of the molecule is CN(C)S(=O)(=O)c1ccc(O)c(-c2c(N)c(C(CC(=O)O)C(=O)O)cc(-c3nc4ccc(C(=N)N)cc4[nH]3)c2O)c1. The number of nitrogens with two attached hydrogens (primary N) is 2. The molecule has 1 unspecified atom stereocenters. The van der Waals surface area contributed by atoms with Crippen LogP contribution in [0.4, 0.5) is 5.69 Å². The van der Waals surface area contributed by atoms with Crippen LogP contribution in [-0.2, 0) is 19.6 Å². The normalized spacial score (nSPS) is 12.5. The summed E-state index contributed by atoms with van der Waals surface area (Å²) in [6, 6.07) is 9.11. The molecule has 0 radical (unpaired) electrons.